The minimum absolute atomic E-state index is 0.00698. The van der Waals surface area contributed by atoms with Gasteiger partial charge in [-0.05, 0) is 23.8 Å². The van der Waals surface area contributed by atoms with Gasteiger partial charge in [-0.15, -0.1) is 0 Å². The van der Waals surface area contributed by atoms with Crippen molar-refractivity contribution in [3.63, 3.8) is 0 Å². The standard InChI is InChI=1S/C16H14N2O3/c19-13-6-2-1-5-11(13)18-16(21)12-9-8-10-4-3-7-14(20)15(10)17-12/h1-9,14-15,19-20H,(H,18,21). The van der Waals surface area contributed by atoms with Crippen molar-refractivity contribution in [1.29, 1.82) is 0 Å². The number of phenolic OH excluding ortho intramolecular Hbond substituents is 1. The van der Waals surface area contributed by atoms with Gasteiger partial charge < -0.3 is 15.5 Å². The van der Waals surface area contributed by atoms with Crippen LogP contribution in [0.25, 0.3) is 0 Å². The van der Waals surface area contributed by atoms with Gasteiger partial charge in [0.25, 0.3) is 5.91 Å². The summed E-state index contributed by atoms with van der Waals surface area (Å²) in [5.41, 5.74) is 1.41. The van der Waals surface area contributed by atoms with Crippen LogP contribution in [0, 0.1) is 0 Å². The lowest BCUT2D eigenvalue weighted by Crippen LogP contribution is -2.32. The zero-order chi connectivity index (χ0) is 14.8. The van der Waals surface area contributed by atoms with Crippen molar-refractivity contribution in [2.75, 3.05) is 5.32 Å². The van der Waals surface area contributed by atoms with Crippen LogP contribution in [0.1, 0.15) is 0 Å². The summed E-state index contributed by atoms with van der Waals surface area (Å²) in [5.74, 6) is -0.430. The highest BCUT2D eigenvalue weighted by atomic mass is 16.3. The monoisotopic (exact) mass is 282 g/mol. The second kappa shape index (κ2) is 5.38. The largest absolute Gasteiger partial charge is 0.506 e. The molecule has 21 heavy (non-hydrogen) atoms. The molecule has 1 aliphatic carbocycles. The van der Waals surface area contributed by atoms with Gasteiger partial charge in [0.2, 0.25) is 0 Å². The Bertz CT molecular complexity index is 701. The molecular formula is C16H14N2O3. The zero-order valence-corrected chi connectivity index (χ0v) is 11.1. The predicted molar refractivity (Wildman–Crippen MR) is 80.3 cm³/mol. The molecule has 3 rings (SSSR count). The molecule has 0 radical (unpaired) electrons. The highest BCUT2D eigenvalue weighted by molar-refractivity contribution is 6.47. The van der Waals surface area contributed by atoms with E-state index in [1.165, 1.54) is 6.07 Å². The number of allylic oxidation sites excluding steroid dienone is 2. The number of hydrogen-bond acceptors (Lipinski definition) is 4. The molecule has 1 aromatic rings. The van der Waals surface area contributed by atoms with Crippen LogP contribution < -0.4 is 5.32 Å². The first kappa shape index (κ1) is 13.3. The van der Waals surface area contributed by atoms with Crippen LogP contribution in [0.3, 0.4) is 0 Å². The van der Waals surface area contributed by atoms with Crippen LogP contribution in [0.4, 0.5) is 5.69 Å². The summed E-state index contributed by atoms with van der Waals surface area (Å²) in [6, 6.07) is 6.02. The Balaban J connectivity index is 1.80. The molecule has 0 saturated carbocycles. The summed E-state index contributed by atoms with van der Waals surface area (Å²) >= 11 is 0. The van der Waals surface area contributed by atoms with E-state index in [4.69, 9.17) is 0 Å². The number of nitrogens with zero attached hydrogens (tertiary/aromatic N) is 1. The van der Waals surface area contributed by atoms with E-state index in [0.29, 0.717) is 5.69 Å². The fourth-order valence-corrected chi connectivity index (χ4v) is 2.25. The highest BCUT2D eigenvalue weighted by Crippen LogP contribution is 2.24. The lowest BCUT2D eigenvalue weighted by molar-refractivity contribution is -0.110. The molecule has 1 heterocycles. The third-order valence-electron chi connectivity index (χ3n) is 3.36. The van der Waals surface area contributed by atoms with Crippen LogP contribution in [0.2, 0.25) is 0 Å². The number of aromatic hydroxyl groups is 1. The lowest BCUT2D eigenvalue weighted by atomic mass is 9.94. The van der Waals surface area contributed by atoms with E-state index in [2.05, 4.69) is 10.3 Å². The molecule has 0 fully saturated rings. The van der Waals surface area contributed by atoms with Gasteiger partial charge in [-0.2, -0.15) is 0 Å². The Kier molecular flexibility index (Phi) is 3.41. The number of aliphatic hydroxyl groups excluding tert-OH is 1. The number of rotatable bonds is 2. The molecule has 2 aliphatic rings. The summed E-state index contributed by atoms with van der Waals surface area (Å²) in [7, 11) is 0. The van der Waals surface area contributed by atoms with Crippen molar-refractivity contribution in [2.24, 2.45) is 4.99 Å². The second-order valence-corrected chi connectivity index (χ2v) is 4.81. The van der Waals surface area contributed by atoms with Crippen LogP contribution in [-0.4, -0.2) is 34.0 Å². The molecule has 0 spiro atoms. The first-order chi connectivity index (χ1) is 10.1. The van der Waals surface area contributed by atoms with Crippen LogP contribution in [0.15, 0.2) is 65.2 Å². The summed E-state index contributed by atoms with van der Waals surface area (Å²) in [5, 5.41) is 22.2. The van der Waals surface area contributed by atoms with Crippen molar-refractivity contribution in [2.45, 2.75) is 12.1 Å². The van der Waals surface area contributed by atoms with Crippen molar-refractivity contribution in [3.05, 3.63) is 60.2 Å². The summed E-state index contributed by atoms with van der Waals surface area (Å²) in [4.78, 5) is 16.5. The van der Waals surface area contributed by atoms with Gasteiger partial charge in [-0.1, -0.05) is 36.4 Å². The third kappa shape index (κ3) is 2.64. The van der Waals surface area contributed by atoms with E-state index < -0.39 is 18.1 Å². The average molecular weight is 282 g/mol. The maximum atomic E-state index is 12.2. The molecule has 0 aromatic heterocycles. The van der Waals surface area contributed by atoms with E-state index in [0.717, 1.165) is 5.57 Å². The zero-order valence-electron chi connectivity index (χ0n) is 11.1. The molecule has 5 heteroatoms. The van der Waals surface area contributed by atoms with E-state index in [1.807, 2.05) is 6.08 Å². The predicted octanol–water partition coefficient (Wildman–Crippen LogP) is 1.57. The SMILES string of the molecule is O=C(Nc1ccccc1O)C1=NC2C(=CC=CC2O)C=C1. The fourth-order valence-electron chi connectivity index (χ4n) is 2.25. The number of para-hydroxylation sites is 2. The van der Waals surface area contributed by atoms with Gasteiger partial charge in [-0.25, -0.2) is 0 Å². The van der Waals surface area contributed by atoms with Crippen LogP contribution >= 0.6 is 0 Å². The molecule has 3 N–H and O–H groups in total. The number of hydrogen-bond donors (Lipinski definition) is 3. The number of nitrogens with one attached hydrogen (secondary N) is 1. The molecule has 1 aliphatic heterocycles. The Morgan fingerprint density at radius 3 is 2.86 bits per heavy atom. The number of phenols is 1. The van der Waals surface area contributed by atoms with Crippen LogP contribution in [-0.2, 0) is 4.79 Å². The molecule has 2 unspecified atom stereocenters. The number of benzene rings is 1. The van der Waals surface area contributed by atoms with E-state index >= 15 is 0 Å². The smallest absolute Gasteiger partial charge is 0.273 e. The highest BCUT2D eigenvalue weighted by Gasteiger charge is 2.26. The molecule has 106 valence electrons. The van der Waals surface area contributed by atoms with Crippen molar-refractivity contribution in [1.82, 2.24) is 0 Å². The van der Waals surface area contributed by atoms with Crippen molar-refractivity contribution >= 4 is 17.3 Å². The Labute approximate surface area is 121 Å². The van der Waals surface area contributed by atoms with Gasteiger partial charge in [0, 0.05) is 0 Å². The third-order valence-corrected chi connectivity index (χ3v) is 3.36. The van der Waals surface area contributed by atoms with Gasteiger partial charge in [0.05, 0.1) is 11.8 Å². The Hall–Kier alpha value is -2.66. The quantitative estimate of drug-likeness (QED) is 0.720. The number of amides is 1. The topological polar surface area (TPSA) is 81.9 Å². The van der Waals surface area contributed by atoms with Gasteiger partial charge in [0.15, 0.2) is 0 Å². The van der Waals surface area contributed by atoms with Crippen LogP contribution in [0.5, 0.6) is 5.75 Å². The first-order valence-electron chi connectivity index (χ1n) is 6.57. The van der Waals surface area contributed by atoms with Gasteiger partial charge >= 0.3 is 0 Å². The number of carbonyl (C=O) groups is 1. The van der Waals surface area contributed by atoms with E-state index in [-0.39, 0.29) is 11.5 Å². The lowest BCUT2D eigenvalue weighted by Gasteiger charge is -2.24. The minimum atomic E-state index is -0.733. The Morgan fingerprint density at radius 1 is 1.24 bits per heavy atom. The number of dihydropyridines is 1. The number of anilines is 1. The summed E-state index contributed by atoms with van der Waals surface area (Å²) in [6.07, 6.45) is 7.89. The molecule has 0 bridgehead atoms. The molecule has 2 atom stereocenters. The molecule has 5 nitrogen and oxygen atoms in total. The second-order valence-electron chi connectivity index (χ2n) is 4.81. The first-order valence-corrected chi connectivity index (χ1v) is 6.57. The number of fused-ring (bicyclic) bond motifs is 1. The van der Waals surface area contributed by atoms with Gasteiger partial charge in [-0.3, -0.25) is 9.79 Å². The normalized spacial score (nSPS) is 23.1. The Morgan fingerprint density at radius 2 is 2.05 bits per heavy atom. The van der Waals surface area contributed by atoms with Gasteiger partial charge in [0.1, 0.15) is 17.5 Å². The molecule has 0 saturated heterocycles. The number of carbonyl (C=O) groups excluding carboxylic acids is 1. The summed E-state index contributed by atoms with van der Waals surface area (Å²) in [6.45, 7) is 0. The number of aliphatic imine (C=N–C) groups is 1. The minimum Gasteiger partial charge on any atom is -0.506 e. The molecular weight excluding hydrogens is 268 g/mol. The molecule has 1 amide bonds. The molecule has 1 aromatic carbocycles. The summed E-state index contributed by atoms with van der Waals surface area (Å²) < 4.78 is 0. The van der Waals surface area contributed by atoms with Crippen molar-refractivity contribution < 1.29 is 15.0 Å². The van der Waals surface area contributed by atoms with E-state index in [1.54, 1.807) is 42.5 Å². The average Bonchev–Trinajstić information content (AvgIpc) is 2.50. The number of aliphatic hydroxyl groups is 1. The van der Waals surface area contributed by atoms with Crippen molar-refractivity contribution in [3.8, 4) is 5.75 Å². The fraction of sp³-hybridized carbons (Fsp3) is 0.125. The van der Waals surface area contributed by atoms with E-state index in [9.17, 15) is 15.0 Å². The maximum absolute atomic E-state index is 12.2. The maximum Gasteiger partial charge on any atom is 0.273 e.